The number of nitrogen functional groups attached to an aromatic ring is 1. The van der Waals surface area contributed by atoms with E-state index in [1.807, 2.05) is 0 Å². The van der Waals surface area contributed by atoms with Crippen molar-refractivity contribution in [3.63, 3.8) is 0 Å². The molecule has 0 amide bonds. The number of Topliss-reactive ketones (excluding diaryl/α,β-unsaturated/α-hetero) is 1. The third kappa shape index (κ3) is 2.00. The van der Waals surface area contributed by atoms with E-state index in [4.69, 9.17) is 10.5 Å². The lowest BCUT2D eigenvalue weighted by atomic mass is 10.1. The molecule has 10 nitrogen and oxygen atoms in total. The summed E-state index contributed by atoms with van der Waals surface area (Å²) in [5, 5.41) is 19.9. The van der Waals surface area contributed by atoms with Crippen LogP contribution in [0.4, 0.5) is 5.95 Å². The smallest absolute Gasteiger partial charge is 0.280 e. The highest BCUT2D eigenvalue weighted by Gasteiger charge is 2.46. The number of H-pyrrole nitrogens is 1. The second-order valence-corrected chi connectivity index (χ2v) is 4.81. The van der Waals surface area contributed by atoms with E-state index in [1.54, 1.807) is 0 Å². The summed E-state index contributed by atoms with van der Waals surface area (Å²) in [5.74, 6) is -0.538. The molecule has 3 rings (SSSR count). The van der Waals surface area contributed by atoms with Crippen molar-refractivity contribution in [2.45, 2.75) is 31.5 Å². The van der Waals surface area contributed by atoms with Gasteiger partial charge in [0.05, 0.1) is 6.33 Å². The van der Waals surface area contributed by atoms with Crippen LogP contribution in [0.15, 0.2) is 11.1 Å². The zero-order valence-electron chi connectivity index (χ0n) is 10.9. The van der Waals surface area contributed by atoms with Crippen LogP contribution in [0, 0.1) is 0 Å². The van der Waals surface area contributed by atoms with Gasteiger partial charge in [0, 0.05) is 0 Å². The molecular weight excluding hydrogens is 282 g/mol. The highest BCUT2D eigenvalue weighted by molar-refractivity contribution is 5.81. The number of carbonyl (C=O) groups excluding carboxylic acids is 1. The molecule has 4 atom stereocenters. The molecule has 1 saturated heterocycles. The molecule has 0 aliphatic carbocycles. The summed E-state index contributed by atoms with van der Waals surface area (Å²) in [5.41, 5.74) is 5.05. The lowest BCUT2D eigenvalue weighted by Crippen LogP contribution is -2.34. The highest BCUT2D eigenvalue weighted by atomic mass is 16.6. The predicted octanol–water partition coefficient (Wildman–Crippen LogP) is -2.09. The van der Waals surface area contributed by atoms with E-state index in [0.717, 1.165) is 0 Å². The van der Waals surface area contributed by atoms with Crippen LogP contribution < -0.4 is 11.3 Å². The summed E-state index contributed by atoms with van der Waals surface area (Å²) in [6.45, 7) is 1.25. The topological polar surface area (TPSA) is 156 Å². The Balaban J connectivity index is 2.09. The van der Waals surface area contributed by atoms with Crippen LogP contribution in [0.5, 0.6) is 0 Å². The summed E-state index contributed by atoms with van der Waals surface area (Å²) in [6, 6.07) is 0. The third-order valence-electron chi connectivity index (χ3n) is 3.36. The van der Waals surface area contributed by atoms with Gasteiger partial charge in [0.1, 0.15) is 18.3 Å². The maximum absolute atomic E-state index is 11.7. The maximum atomic E-state index is 11.7. The Morgan fingerprint density at radius 2 is 2.19 bits per heavy atom. The number of ketones is 1. The molecule has 2 aromatic heterocycles. The molecule has 3 heterocycles. The number of fused-ring (bicyclic) bond motifs is 1. The molecule has 5 N–H and O–H groups in total. The van der Waals surface area contributed by atoms with Gasteiger partial charge in [-0.15, -0.1) is 0 Å². The van der Waals surface area contributed by atoms with E-state index in [2.05, 4.69) is 15.0 Å². The van der Waals surface area contributed by atoms with Gasteiger partial charge in [0.2, 0.25) is 5.95 Å². The molecule has 112 valence electrons. The van der Waals surface area contributed by atoms with Crippen molar-refractivity contribution in [3.8, 4) is 0 Å². The number of aliphatic hydroxyl groups excluding tert-OH is 2. The fraction of sp³-hybridized carbons (Fsp3) is 0.455. The summed E-state index contributed by atoms with van der Waals surface area (Å²) in [7, 11) is 0. The number of aromatic nitrogens is 4. The van der Waals surface area contributed by atoms with Gasteiger partial charge < -0.3 is 20.7 Å². The molecule has 1 aliphatic heterocycles. The number of rotatable bonds is 2. The van der Waals surface area contributed by atoms with Crippen LogP contribution >= 0.6 is 0 Å². The first-order valence-corrected chi connectivity index (χ1v) is 6.14. The van der Waals surface area contributed by atoms with Crippen molar-refractivity contribution < 1.29 is 19.7 Å². The Morgan fingerprint density at radius 3 is 2.81 bits per heavy atom. The van der Waals surface area contributed by atoms with Crippen LogP contribution in [0.2, 0.25) is 0 Å². The SMILES string of the molecule is CC(=O)[C@H]1O[C@@H](n2cnc3c(=O)[nH]c(N)nc32)[C@H](O)[C@@H]1O. The Bertz CT molecular complexity index is 768. The number of hydrogen-bond donors (Lipinski definition) is 4. The molecular formula is C11H13N5O5. The number of nitrogens with one attached hydrogen (secondary N) is 1. The van der Waals surface area contributed by atoms with E-state index < -0.39 is 35.9 Å². The summed E-state index contributed by atoms with van der Waals surface area (Å²) in [6.07, 6.45) is -3.74. The molecule has 1 fully saturated rings. The Kier molecular flexibility index (Phi) is 3.01. The van der Waals surface area contributed by atoms with Gasteiger partial charge in [-0.05, 0) is 6.92 Å². The van der Waals surface area contributed by atoms with Gasteiger partial charge in [-0.2, -0.15) is 4.98 Å². The van der Waals surface area contributed by atoms with Crippen molar-refractivity contribution in [3.05, 3.63) is 16.7 Å². The predicted molar refractivity (Wildman–Crippen MR) is 69.2 cm³/mol. The first-order chi connectivity index (χ1) is 9.90. The molecule has 10 heteroatoms. The van der Waals surface area contributed by atoms with E-state index in [-0.39, 0.29) is 17.1 Å². The minimum absolute atomic E-state index is 0.0146. The molecule has 0 saturated carbocycles. The fourth-order valence-corrected chi connectivity index (χ4v) is 2.35. The minimum Gasteiger partial charge on any atom is -0.387 e. The van der Waals surface area contributed by atoms with Crippen molar-refractivity contribution in [1.29, 1.82) is 0 Å². The summed E-state index contributed by atoms with van der Waals surface area (Å²) < 4.78 is 6.62. The van der Waals surface area contributed by atoms with E-state index >= 15 is 0 Å². The largest absolute Gasteiger partial charge is 0.387 e. The van der Waals surface area contributed by atoms with Gasteiger partial charge in [-0.3, -0.25) is 19.1 Å². The second-order valence-electron chi connectivity index (χ2n) is 4.81. The second kappa shape index (κ2) is 4.62. The normalized spacial score (nSPS) is 29.1. The van der Waals surface area contributed by atoms with Crippen molar-refractivity contribution in [2.75, 3.05) is 5.73 Å². The van der Waals surface area contributed by atoms with Crippen LogP contribution in [0.3, 0.4) is 0 Å². The molecule has 0 radical (unpaired) electrons. The van der Waals surface area contributed by atoms with Gasteiger partial charge in [-0.1, -0.05) is 0 Å². The Hall–Kier alpha value is -2.30. The molecule has 0 bridgehead atoms. The first kappa shape index (κ1) is 13.7. The number of hydrogen-bond acceptors (Lipinski definition) is 8. The fourth-order valence-electron chi connectivity index (χ4n) is 2.35. The van der Waals surface area contributed by atoms with Gasteiger partial charge >= 0.3 is 0 Å². The number of carbonyl (C=O) groups is 1. The maximum Gasteiger partial charge on any atom is 0.280 e. The summed E-state index contributed by atoms with van der Waals surface area (Å²) >= 11 is 0. The number of ether oxygens (including phenoxy) is 1. The van der Waals surface area contributed by atoms with E-state index in [1.165, 1.54) is 17.8 Å². The number of nitrogens with zero attached hydrogens (tertiary/aromatic N) is 3. The van der Waals surface area contributed by atoms with Crippen molar-refractivity contribution in [2.24, 2.45) is 0 Å². The van der Waals surface area contributed by atoms with Crippen molar-refractivity contribution >= 4 is 22.9 Å². The molecule has 1 aliphatic rings. The number of anilines is 1. The molecule has 21 heavy (non-hydrogen) atoms. The zero-order valence-corrected chi connectivity index (χ0v) is 10.9. The summed E-state index contributed by atoms with van der Waals surface area (Å²) in [4.78, 5) is 33.2. The number of nitrogens with two attached hydrogens (primary N) is 1. The molecule has 0 unspecified atom stereocenters. The Morgan fingerprint density at radius 1 is 1.48 bits per heavy atom. The average molecular weight is 295 g/mol. The molecule has 0 aromatic carbocycles. The van der Waals surface area contributed by atoms with Crippen LogP contribution in [0.25, 0.3) is 11.2 Å². The van der Waals surface area contributed by atoms with Crippen LogP contribution in [-0.2, 0) is 9.53 Å². The van der Waals surface area contributed by atoms with Gasteiger partial charge in [0.15, 0.2) is 23.2 Å². The lowest BCUT2D eigenvalue weighted by Gasteiger charge is -2.16. The minimum atomic E-state index is -1.37. The van der Waals surface area contributed by atoms with Gasteiger partial charge in [-0.25, -0.2) is 4.98 Å². The third-order valence-corrected chi connectivity index (χ3v) is 3.36. The van der Waals surface area contributed by atoms with E-state index in [0.29, 0.717) is 0 Å². The van der Waals surface area contributed by atoms with Crippen LogP contribution in [0.1, 0.15) is 13.2 Å². The average Bonchev–Trinajstić information content (AvgIpc) is 2.93. The highest BCUT2D eigenvalue weighted by Crippen LogP contribution is 2.31. The van der Waals surface area contributed by atoms with Crippen LogP contribution in [-0.4, -0.2) is 53.8 Å². The van der Waals surface area contributed by atoms with Crippen molar-refractivity contribution in [1.82, 2.24) is 19.5 Å². The zero-order chi connectivity index (χ0) is 15.3. The van der Waals surface area contributed by atoms with Gasteiger partial charge in [0.25, 0.3) is 5.56 Å². The number of imidazole rings is 1. The number of aromatic amines is 1. The number of aliphatic hydroxyl groups is 2. The quantitative estimate of drug-likeness (QED) is 0.491. The first-order valence-electron chi connectivity index (χ1n) is 6.14. The molecule has 0 spiro atoms. The molecule has 2 aromatic rings. The Labute approximate surface area is 117 Å². The van der Waals surface area contributed by atoms with E-state index in [9.17, 15) is 19.8 Å². The lowest BCUT2D eigenvalue weighted by molar-refractivity contribution is -0.133. The standard InChI is InChI=1S/C11H13N5O5/c1-3(17)7-5(18)6(19)10(21-7)16-2-13-4-8(16)14-11(12)15-9(4)20/h2,5-7,10,18-19H,1H3,(H3,12,14,15,20)/t5-,6+,7+,10+/m0/s1. The monoisotopic (exact) mass is 295 g/mol.